The number of ether oxygens (including phenoxy) is 1. The summed E-state index contributed by atoms with van der Waals surface area (Å²) in [5.41, 5.74) is -0.815. The van der Waals surface area contributed by atoms with E-state index in [2.05, 4.69) is 6.07 Å². The Labute approximate surface area is 90.4 Å². The Kier molecular flexibility index (Phi) is 2.79. The summed E-state index contributed by atoms with van der Waals surface area (Å²) < 4.78 is 5.90. The summed E-state index contributed by atoms with van der Waals surface area (Å²) in [4.78, 5) is 11.4. The van der Waals surface area contributed by atoms with Crippen molar-refractivity contribution in [3.05, 3.63) is 0 Å². The Bertz CT molecular complexity index is 288. The normalized spacial score (nSPS) is 40.2. The summed E-state index contributed by atoms with van der Waals surface area (Å²) in [6.07, 6.45) is 7.26. The number of hydrogen-bond acceptors (Lipinski definition) is 3. The number of nitrogens with zero attached hydrogens (tertiary/aromatic N) is 1. The zero-order valence-corrected chi connectivity index (χ0v) is 9.00. The van der Waals surface area contributed by atoms with E-state index in [9.17, 15) is 4.79 Å². The van der Waals surface area contributed by atoms with Gasteiger partial charge in [0.2, 0.25) is 0 Å². The maximum absolute atomic E-state index is 11.4. The molecule has 2 aliphatic rings. The van der Waals surface area contributed by atoms with Gasteiger partial charge in [-0.2, -0.15) is 5.26 Å². The highest BCUT2D eigenvalue weighted by Gasteiger charge is 2.56. The molecule has 2 fully saturated rings. The topological polar surface area (TPSA) is 50.1 Å². The van der Waals surface area contributed by atoms with Crippen LogP contribution >= 0.6 is 0 Å². The fourth-order valence-corrected chi connectivity index (χ4v) is 3.21. The van der Waals surface area contributed by atoms with Gasteiger partial charge in [0, 0.05) is 6.61 Å². The number of rotatable bonds is 2. The number of nitriles is 1. The van der Waals surface area contributed by atoms with E-state index in [0.717, 1.165) is 51.4 Å². The molecule has 0 unspecified atom stereocenters. The molecule has 0 amide bonds. The lowest BCUT2D eigenvalue weighted by atomic mass is 9.70. The maximum Gasteiger partial charge on any atom is 0.130 e. The molecule has 0 N–H and O–H groups in total. The van der Waals surface area contributed by atoms with Gasteiger partial charge in [-0.15, -0.1) is 0 Å². The van der Waals surface area contributed by atoms with E-state index in [1.54, 1.807) is 0 Å². The van der Waals surface area contributed by atoms with Crippen LogP contribution in [0.3, 0.4) is 0 Å². The molecule has 3 nitrogen and oxygen atoms in total. The average molecular weight is 207 g/mol. The van der Waals surface area contributed by atoms with Crippen LogP contribution in [0.2, 0.25) is 0 Å². The first kappa shape index (κ1) is 10.6. The third-order valence-corrected chi connectivity index (χ3v) is 4.08. The highest BCUT2D eigenvalue weighted by atomic mass is 16.5. The van der Waals surface area contributed by atoms with Gasteiger partial charge in [0.15, 0.2) is 0 Å². The molecular formula is C12H17NO2. The summed E-state index contributed by atoms with van der Waals surface area (Å²) in [7, 11) is 0. The van der Waals surface area contributed by atoms with Crippen molar-refractivity contribution in [2.24, 2.45) is 5.41 Å². The summed E-state index contributed by atoms with van der Waals surface area (Å²) in [5, 5.41) is 8.87. The van der Waals surface area contributed by atoms with Crippen LogP contribution in [0.5, 0.6) is 0 Å². The van der Waals surface area contributed by atoms with E-state index in [0.29, 0.717) is 6.42 Å². The maximum atomic E-state index is 11.4. The van der Waals surface area contributed by atoms with Crippen molar-refractivity contribution in [3.63, 3.8) is 0 Å². The third kappa shape index (κ3) is 1.48. The molecule has 15 heavy (non-hydrogen) atoms. The van der Waals surface area contributed by atoms with Crippen LogP contribution in [0.1, 0.15) is 44.9 Å². The van der Waals surface area contributed by atoms with Crippen molar-refractivity contribution in [1.82, 2.24) is 0 Å². The van der Waals surface area contributed by atoms with Gasteiger partial charge < -0.3 is 9.53 Å². The number of carbonyl (C=O) groups excluding carboxylic acids is 1. The largest absolute Gasteiger partial charge is 0.374 e. The number of carbonyl (C=O) groups is 1. The summed E-state index contributed by atoms with van der Waals surface area (Å²) in [5.74, 6) is 0. The predicted octanol–water partition coefficient (Wildman–Crippen LogP) is 2.21. The van der Waals surface area contributed by atoms with Crippen LogP contribution in [-0.4, -0.2) is 18.5 Å². The molecule has 1 saturated carbocycles. The molecule has 1 spiro atoms. The van der Waals surface area contributed by atoms with Gasteiger partial charge in [-0.1, -0.05) is 0 Å². The lowest BCUT2D eigenvalue weighted by Crippen LogP contribution is -2.49. The zero-order valence-electron chi connectivity index (χ0n) is 9.00. The smallest absolute Gasteiger partial charge is 0.130 e. The monoisotopic (exact) mass is 207 g/mol. The molecule has 1 aliphatic carbocycles. The molecule has 0 aromatic rings. The lowest BCUT2D eigenvalue weighted by molar-refractivity contribution is -0.154. The van der Waals surface area contributed by atoms with Crippen LogP contribution in [0, 0.1) is 16.7 Å². The second-order valence-corrected chi connectivity index (χ2v) is 4.76. The Morgan fingerprint density at radius 2 is 2.07 bits per heavy atom. The molecule has 0 aromatic heterocycles. The van der Waals surface area contributed by atoms with E-state index in [4.69, 9.17) is 10.00 Å². The van der Waals surface area contributed by atoms with E-state index in [-0.39, 0.29) is 5.60 Å². The summed E-state index contributed by atoms with van der Waals surface area (Å²) in [6.45, 7) is 0.751. The van der Waals surface area contributed by atoms with Crippen LogP contribution in [0.25, 0.3) is 0 Å². The fraction of sp³-hybridized carbons (Fsp3) is 0.833. The fourth-order valence-electron chi connectivity index (χ4n) is 3.21. The van der Waals surface area contributed by atoms with E-state index in [1.807, 2.05) is 0 Å². The first-order valence-electron chi connectivity index (χ1n) is 5.76. The van der Waals surface area contributed by atoms with Gasteiger partial charge >= 0.3 is 0 Å². The standard InChI is InChI=1S/C12H17NO2/c13-8-7-11(10-14)4-3-6-12(11)5-1-2-9-15-12/h10H,1-7,9H2/t11-,12-/m1/s1. The average Bonchev–Trinajstić information content (AvgIpc) is 2.60. The van der Waals surface area contributed by atoms with E-state index in [1.165, 1.54) is 0 Å². The first-order valence-corrected chi connectivity index (χ1v) is 5.76. The Balaban J connectivity index is 2.28. The Hall–Kier alpha value is -0.880. The van der Waals surface area contributed by atoms with Crippen LogP contribution in [-0.2, 0) is 9.53 Å². The summed E-state index contributed by atoms with van der Waals surface area (Å²) >= 11 is 0. The predicted molar refractivity (Wildman–Crippen MR) is 55.1 cm³/mol. The SMILES string of the molecule is N#CC[C@@]1(C=O)CCC[C@]12CCCCO2. The minimum Gasteiger partial charge on any atom is -0.374 e. The Morgan fingerprint density at radius 3 is 2.67 bits per heavy atom. The second-order valence-electron chi connectivity index (χ2n) is 4.76. The van der Waals surface area contributed by atoms with Crippen LogP contribution in [0.4, 0.5) is 0 Å². The Morgan fingerprint density at radius 1 is 1.27 bits per heavy atom. The molecule has 2 atom stereocenters. The van der Waals surface area contributed by atoms with Crippen molar-refractivity contribution in [1.29, 1.82) is 5.26 Å². The summed E-state index contributed by atoms with van der Waals surface area (Å²) in [6, 6.07) is 2.16. The molecule has 0 aromatic carbocycles. The molecule has 1 aliphatic heterocycles. The number of hydrogen-bond donors (Lipinski definition) is 0. The lowest BCUT2D eigenvalue weighted by Gasteiger charge is -2.44. The zero-order chi connectivity index (χ0) is 10.8. The van der Waals surface area contributed by atoms with Crippen molar-refractivity contribution < 1.29 is 9.53 Å². The quantitative estimate of drug-likeness (QED) is 0.652. The second kappa shape index (κ2) is 3.94. The molecule has 1 saturated heterocycles. The highest BCUT2D eigenvalue weighted by Crippen LogP contribution is 2.53. The molecule has 82 valence electrons. The molecule has 1 heterocycles. The molecular weight excluding hydrogens is 190 g/mol. The van der Waals surface area contributed by atoms with Crippen LogP contribution < -0.4 is 0 Å². The first-order chi connectivity index (χ1) is 7.29. The highest BCUT2D eigenvalue weighted by molar-refractivity contribution is 5.63. The van der Waals surface area contributed by atoms with Gasteiger partial charge in [0.25, 0.3) is 0 Å². The molecule has 0 bridgehead atoms. The van der Waals surface area contributed by atoms with Crippen molar-refractivity contribution in [3.8, 4) is 6.07 Å². The minimum atomic E-state index is -0.512. The van der Waals surface area contributed by atoms with Crippen LogP contribution in [0.15, 0.2) is 0 Å². The molecule has 3 heteroatoms. The van der Waals surface area contributed by atoms with Gasteiger partial charge in [0.05, 0.1) is 23.5 Å². The van der Waals surface area contributed by atoms with Crippen molar-refractivity contribution in [2.75, 3.05) is 6.61 Å². The molecule has 0 radical (unpaired) electrons. The molecule has 2 rings (SSSR count). The van der Waals surface area contributed by atoms with Gasteiger partial charge in [-0.05, 0) is 38.5 Å². The van der Waals surface area contributed by atoms with Crippen molar-refractivity contribution in [2.45, 2.75) is 50.5 Å². The van der Waals surface area contributed by atoms with E-state index < -0.39 is 5.41 Å². The van der Waals surface area contributed by atoms with Gasteiger partial charge in [0.1, 0.15) is 6.29 Å². The van der Waals surface area contributed by atoms with E-state index >= 15 is 0 Å². The van der Waals surface area contributed by atoms with Gasteiger partial charge in [-0.25, -0.2) is 0 Å². The van der Waals surface area contributed by atoms with Crippen molar-refractivity contribution >= 4 is 6.29 Å². The minimum absolute atomic E-state index is 0.303. The number of aldehydes is 1. The third-order valence-electron chi connectivity index (χ3n) is 4.08. The van der Waals surface area contributed by atoms with Gasteiger partial charge in [-0.3, -0.25) is 0 Å².